The molecule has 46 heavy (non-hydrogen) atoms. The quantitative estimate of drug-likeness (QED) is 0.212. The molecule has 2 N–H and O–H groups in total. The van der Waals surface area contributed by atoms with Gasteiger partial charge in [-0.3, -0.25) is 4.79 Å². The zero-order chi connectivity index (χ0) is 33.7. The first-order valence-electron chi connectivity index (χ1n) is 14.4. The molecule has 1 amide bonds. The lowest BCUT2D eigenvalue weighted by atomic mass is 9.81. The summed E-state index contributed by atoms with van der Waals surface area (Å²) in [5.41, 5.74) is -6.36. The maximum Gasteiger partial charge on any atom is 0.435 e. The summed E-state index contributed by atoms with van der Waals surface area (Å²) >= 11 is 1.38. The minimum atomic E-state index is -6.35. The second kappa shape index (κ2) is 12.2. The highest BCUT2D eigenvalue weighted by Crippen LogP contribution is 2.54. The summed E-state index contributed by atoms with van der Waals surface area (Å²) in [7, 11) is -4.48. The number of sulfone groups is 1. The average molecular weight is 694 g/mol. The summed E-state index contributed by atoms with van der Waals surface area (Å²) in [6.07, 6.45) is -13.1. The summed E-state index contributed by atoms with van der Waals surface area (Å²) in [5, 5.41) is 22.6. The van der Waals surface area contributed by atoms with Crippen molar-refractivity contribution in [2.45, 2.75) is 66.1 Å². The Morgan fingerprint density at radius 2 is 1.52 bits per heavy atom. The molecule has 0 spiro atoms. The fourth-order valence-corrected chi connectivity index (χ4v) is 9.28. The van der Waals surface area contributed by atoms with Crippen LogP contribution in [0.3, 0.4) is 0 Å². The van der Waals surface area contributed by atoms with Crippen molar-refractivity contribution in [3.8, 4) is 11.1 Å². The number of carbonyl (C=O) groups is 1. The predicted molar refractivity (Wildman–Crippen MR) is 155 cm³/mol. The Labute approximate surface area is 264 Å². The summed E-state index contributed by atoms with van der Waals surface area (Å²) in [5.74, 6) is -1.33. The van der Waals surface area contributed by atoms with Crippen LogP contribution in [0.5, 0.6) is 0 Å². The van der Waals surface area contributed by atoms with Crippen LogP contribution in [0.4, 0.5) is 30.7 Å². The largest absolute Gasteiger partial charge is 0.435 e. The predicted octanol–water partition coefficient (Wildman–Crippen LogP) is 6.72. The molecule has 2 aliphatic rings. The van der Waals surface area contributed by atoms with Crippen molar-refractivity contribution >= 4 is 27.1 Å². The first kappa shape index (κ1) is 34.3. The molecule has 1 unspecified atom stereocenters. The molecular formula is C31H30F7NO5S2. The third kappa shape index (κ3) is 5.84. The van der Waals surface area contributed by atoms with Gasteiger partial charge < -0.3 is 15.1 Å². The Kier molecular flexibility index (Phi) is 9.12. The van der Waals surface area contributed by atoms with E-state index in [1.807, 2.05) is 0 Å². The number of thiophene rings is 1. The van der Waals surface area contributed by atoms with Gasteiger partial charge in [-0.1, -0.05) is 36.4 Å². The standard InChI is InChI=1S/C31H30F7NO5S2/c32-29(30(33,34)35,31(36,37)38)24-10-8-23(9-11-24)28(46(43,44)25-3-1-2-21(16-25)22-12-15-45-17-22)13-14-39(18-28)26(40)19-4-6-20(7-5-19)27(41)42/h1-3,8-12,15-17,19-20,27,41-42H,4-7,13-14,18H2. The fourth-order valence-electron chi connectivity index (χ4n) is 6.49. The highest BCUT2D eigenvalue weighted by Gasteiger charge is 2.73. The number of nitrogens with zero attached hydrogens (tertiary/aromatic N) is 1. The van der Waals surface area contributed by atoms with Crippen molar-refractivity contribution < 1.29 is 54.2 Å². The second-order valence-corrected chi connectivity index (χ2v) is 14.8. The third-order valence-electron chi connectivity index (χ3n) is 9.19. The first-order valence-corrected chi connectivity index (χ1v) is 16.8. The number of rotatable bonds is 7. The minimum Gasteiger partial charge on any atom is -0.368 e. The summed E-state index contributed by atoms with van der Waals surface area (Å²) in [4.78, 5) is 14.7. The lowest BCUT2D eigenvalue weighted by Gasteiger charge is -2.34. The van der Waals surface area contributed by atoms with Crippen LogP contribution in [0.25, 0.3) is 11.1 Å². The maximum absolute atomic E-state index is 14.8. The first-order chi connectivity index (χ1) is 21.4. The number of alkyl halides is 7. The van der Waals surface area contributed by atoms with Gasteiger partial charge in [0.25, 0.3) is 0 Å². The van der Waals surface area contributed by atoms with Crippen molar-refractivity contribution in [3.63, 3.8) is 0 Å². The van der Waals surface area contributed by atoms with E-state index in [4.69, 9.17) is 0 Å². The van der Waals surface area contributed by atoms with Gasteiger partial charge in [0.05, 0.1) is 4.90 Å². The molecule has 1 aliphatic heterocycles. The molecule has 5 rings (SSSR count). The van der Waals surface area contributed by atoms with Gasteiger partial charge in [-0.05, 0) is 77.8 Å². The topological polar surface area (TPSA) is 94.9 Å². The van der Waals surface area contributed by atoms with E-state index < -0.39 is 62.8 Å². The van der Waals surface area contributed by atoms with Gasteiger partial charge in [0.2, 0.25) is 5.91 Å². The van der Waals surface area contributed by atoms with E-state index in [-0.39, 0.29) is 29.3 Å². The number of carbonyl (C=O) groups excluding carboxylic acids is 1. The molecule has 1 aliphatic carbocycles. The van der Waals surface area contributed by atoms with Crippen LogP contribution in [0.2, 0.25) is 0 Å². The van der Waals surface area contributed by atoms with Gasteiger partial charge in [-0.15, -0.1) is 0 Å². The number of aliphatic hydroxyl groups is 2. The zero-order valence-electron chi connectivity index (χ0n) is 24.1. The second-order valence-electron chi connectivity index (χ2n) is 11.8. The van der Waals surface area contributed by atoms with Crippen LogP contribution in [-0.2, 0) is 25.0 Å². The molecular weight excluding hydrogens is 663 g/mol. The van der Waals surface area contributed by atoms with Crippen molar-refractivity contribution in [1.29, 1.82) is 0 Å². The van der Waals surface area contributed by atoms with Crippen molar-refractivity contribution in [2.24, 2.45) is 11.8 Å². The number of hydrogen-bond donors (Lipinski definition) is 2. The normalized spacial score (nSPS) is 23.2. The summed E-state index contributed by atoms with van der Waals surface area (Å²) in [6, 6.07) is 9.80. The number of aliphatic hydroxyl groups excluding tert-OH is 1. The average Bonchev–Trinajstić information content (AvgIpc) is 3.72. The lowest BCUT2D eigenvalue weighted by Crippen LogP contribution is -2.50. The molecule has 1 saturated carbocycles. The van der Waals surface area contributed by atoms with Gasteiger partial charge >= 0.3 is 18.0 Å². The van der Waals surface area contributed by atoms with E-state index in [1.54, 1.807) is 22.9 Å². The number of amides is 1. The Hall–Kier alpha value is -3.01. The smallest absolute Gasteiger partial charge is 0.368 e. The van der Waals surface area contributed by atoms with Gasteiger partial charge in [0.15, 0.2) is 16.1 Å². The third-order valence-corrected chi connectivity index (χ3v) is 12.3. The lowest BCUT2D eigenvalue weighted by molar-refractivity contribution is -0.348. The number of halogens is 7. The molecule has 3 aromatic rings. The molecule has 0 radical (unpaired) electrons. The van der Waals surface area contributed by atoms with Crippen molar-refractivity contribution in [3.05, 3.63) is 76.5 Å². The Bertz CT molecular complexity index is 1640. The molecule has 2 aromatic carbocycles. The van der Waals surface area contributed by atoms with Crippen LogP contribution in [0.1, 0.15) is 43.2 Å². The van der Waals surface area contributed by atoms with Crippen LogP contribution in [-0.4, -0.2) is 61.2 Å². The molecule has 2 fully saturated rings. The highest BCUT2D eigenvalue weighted by atomic mass is 32.2. The zero-order valence-corrected chi connectivity index (χ0v) is 25.7. The Balaban J connectivity index is 1.56. The van der Waals surface area contributed by atoms with Crippen LogP contribution < -0.4 is 0 Å². The van der Waals surface area contributed by atoms with Crippen molar-refractivity contribution in [1.82, 2.24) is 4.90 Å². The van der Waals surface area contributed by atoms with Crippen LogP contribution >= 0.6 is 11.3 Å². The van der Waals surface area contributed by atoms with E-state index in [0.29, 0.717) is 43.4 Å². The number of likely N-dealkylation sites (tertiary alicyclic amines) is 1. The number of hydrogen-bond acceptors (Lipinski definition) is 6. The fraction of sp³-hybridized carbons (Fsp3) is 0.452. The molecule has 1 saturated heterocycles. The molecule has 1 atom stereocenters. The summed E-state index contributed by atoms with van der Waals surface area (Å²) in [6.45, 7) is -0.525. The number of benzene rings is 2. The SMILES string of the molecule is O=C(C1CCC(C(O)O)CC1)N1CCC(c2ccc(C(F)(C(F)(F)F)C(F)(F)F)cc2)(S(=O)(=O)c2cccc(-c3ccsc3)c2)C1. The molecule has 6 nitrogen and oxygen atoms in total. The Morgan fingerprint density at radius 3 is 2.07 bits per heavy atom. The van der Waals surface area contributed by atoms with Gasteiger partial charge in [-0.2, -0.15) is 37.7 Å². The van der Waals surface area contributed by atoms with Gasteiger partial charge in [0, 0.05) is 30.5 Å². The van der Waals surface area contributed by atoms with E-state index in [0.717, 1.165) is 17.7 Å². The maximum atomic E-state index is 14.8. The highest BCUT2D eigenvalue weighted by molar-refractivity contribution is 7.92. The van der Waals surface area contributed by atoms with E-state index in [1.165, 1.54) is 34.4 Å². The molecule has 2 heterocycles. The van der Waals surface area contributed by atoms with E-state index in [9.17, 15) is 54.2 Å². The van der Waals surface area contributed by atoms with E-state index >= 15 is 0 Å². The molecule has 15 heteroatoms. The Morgan fingerprint density at radius 1 is 0.891 bits per heavy atom. The summed E-state index contributed by atoms with van der Waals surface area (Å²) < 4.78 is 123. The molecule has 0 bridgehead atoms. The van der Waals surface area contributed by atoms with Crippen LogP contribution in [0.15, 0.2) is 70.3 Å². The van der Waals surface area contributed by atoms with Crippen molar-refractivity contribution in [2.75, 3.05) is 13.1 Å². The molecule has 250 valence electrons. The minimum absolute atomic E-state index is 0.0786. The van der Waals surface area contributed by atoms with E-state index in [2.05, 4.69) is 0 Å². The van der Waals surface area contributed by atoms with Gasteiger partial charge in [0.1, 0.15) is 4.75 Å². The van der Waals surface area contributed by atoms with Gasteiger partial charge in [-0.25, -0.2) is 12.8 Å². The monoisotopic (exact) mass is 693 g/mol. The van der Waals surface area contributed by atoms with Crippen LogP contribution in [0, 0.1) is 11.8 Å². The molecule has 1 aromatic heterocycles.